The van der Waals surface area contributed by atoms with Crippen molar-refractivity contribution < 1.29 is 9.53 Å². The monoisotopic (exact) mass is 393 g/mol. The van der Waals surface area contributed by atoms with Gasteiger partial charge in [-0.1, -0.05) is 6.07 Å². The van der Waals surface area contributed by atoms with Crippen molar-refractivity contribution in [1.82, 2.24) is 19.8 Å². The molecule has 0 saturated carbocycles. The van der Waals surface area contributed by atoms with E-state index in [-0.39, 0.29) is 5.91 Å². The molecule has 2 heterocycles. The van der Waals surface area contributed by atoms with E-state index >= 15 is 0 Å². The Hall–Kier alpha value is -2.90. The van der Waals surface area contributed by atoms with E-state index in [0.717, 1.165) is 56.1 Å². The molecule has 0 aliphatic carbocycles. The molecule has 0 unspecified atom stereocenters. The van der Waals surface area contributed by atoms with Gasteiger partial charge in [-0.25, -0.2) is 4.98 Å². The van der Waals surface area contributed by atoms with Crippen LogP contribution in [-0.2, 0) is 0 Å². The number of anilines is 1. The van der Waals surface area contributed by atoms with Crippen molar-refractivity contribution in [3.8, 4) is 5.75 Å². The summed E-state index contributed by atoms with van der Waals surface area (Å²) in [7, 11) is 2.17. The van der Waals surface area contributed by atoms with Gasteiger partial charge >= 0.3 is 0 Å². The Kier molecular flexibility index (Phi) is 6.07. The number of aromatic amines is 1. The average Bonchev–Trinajstić information content (AvgIpc) is 3.22. The first-order valence-corrected chi connectivity index (χ1v) is 10.1. The Morgan fingerprint density at radius 2 is 1.93 bits per heavy atom. The Balaban J connectivity index is 1.25. The molecule has 152 valence electrons. The van der Waals surface area contributed by atoms with Gasteiger partial charge in [-0.05, 0) is 49.9 Å². The molecule has 7 heteroatoms. The van der Waals surface area contributed by atoms with E-state index in [1.54, 1.807) is 12.4 Å². The number of carbonyl (C=O) groups excluding carboxylic acids is 1. The maximum Gasteiger partial charge on any atom is 0.257 e. The summed E-state index contributed by atoms with van der Waals surface area (Å²) in [6.45, 7) is 6.32. The molecule has 3 aromatic rings. The number of nitrogens with one attached hydrogen (secondary N) is 2. The summed E-state index contributed by atoms with van der Waals surface area (Å²) in [5, 5.41) is 2.92. The second-order valence-electron chi connectivity index (χ2n) is 7.43. The fourth-order valence-corrected chi connectivity index (χ4v) is 3.53. The van der Waals surface area contributed by atoms with E-state index in [2.05, 4.69) is 32.1 Å². The minimum atomic E-state index is -0.177. The number of para-hydroxylation sites is 1. The van der Waals surface area contributed by atoms with Crippen molar-refractivity contribution in [2.45, 2.75) is 6.42 Å². The number of hydrogen-bond donors (Lipinski definition) is 2. The predicted octanol–water partition coefficient (Wildman–Crippen LogP) is 2.83. The van der Waals surface area contributed by atoms with E-state index in [9.17, 15) is 4.79 Å². The quantitative estimate of drug-likeness (QED) is 0.604. The summed E-state index contributed by atoms with van der Waals surface area (Å²) < 4.78 is 5.85. The molecule has 2 N–H and O–H groups in total. The van der Waals surface area contributed by atoms with E-state index in [1.165, 1.54) is 0 Å². The zero-order valence-corrected chi connectivity index (χ0v) is 16.7. The normalized spacial score (nSPS) is 15.5. The highest BCUT2D eigenvalue weighted by Gasteiger charge is 2.13. The van der Waals surface area contributed by atoms with E-state index in [1.807, 2.05) is 36.4 Å². The Morgan fingerprint density at radius 3 is 2.72 bits per heavy atom. The lowest BCUT2D eigenvalue weighted by Gasteiger charge is -2.32. The molecule has 0 bridgehead atoms. The molecule has 1 fully saturated rings. The molecule has 29 heavy (non-hydrogen) atoms. The maximum atomic E-state index is 12.6. The first-order valence-electron chi connectivity index (χ1n) is 10.1. The number of hydrogen-bond acceptors (Lipinski definition) is 5. The Bertz CT molecular complexity index is 945. The topological polar surface area (TPSA) is 73.5 Å². The largest absolute Gasteiger partial charge is 0.494 e. The van der Waals surface area contributed by atoms with Crippen LogP contribution in [0.15, 0.2) is 48.8 Å². The number of ether oxygens (including phenoxy) is 1. The summed E-state index contributed by atoms with van der Waals surface area (Å²) >= 11 is 0. The van der Waals surface area contributed by atoms with Crippen LogP contribution in [0.4, 0.5) is 5.69 Å². The van der Waals surface area contributed by atoms with Gasteiger partial charge in [0.2, 0.25) is 0 Å². The van der Waals surface area contributed by atoms with Crippen molar-refractivity contribution in [2.75, 3.05) is 51.7 Å². The zero-order valence-electron chi connectivity index (χ0n) is 16.7. The molecule has 0 atom stereocenters. The molecular weight excluding hydrogens is 366 g/mol. The first-order chi connectivity index (χ1) is 14.2. The summed E-state index contributed by atoms with van der Waals surface area (Å²) in [5.74, 6) is 0.638. The summed E-state index contributed by atoms with van der Waals surface area (Å²) in [6, 6.07) is 13.0. The van der Waals surface area contributed by atoms with Gasteiger partial charge in [0.05, 0.1) is 24.0 Å². The highest BCUT2D eigenvalue weighted by Crippen LogP contribution is 2.19. The van der Waals surface area contributed by atoms with Gasteiger partial charge in [-0.3, -0.25) is 4.79 Å². The van der Waals surface area contributed by atoms with Crippen LogP contribution in [0, 0.1) is 0 Å². The highest BCUT2D eigenvalue weighted by molar-refractivity contribution is 6.11. The van der Waals surface area contributed by atoms with Crippen LogP contribution in [0.2, 0.25) is 0 Å². The third-order valence-electron chi connectivity index (χ3n) is 5.29. The van der Waals surface area contributed by atoms with E-state index in [0.29, 0.717) is 17.7 Å². The Labute approximate surface area is 170 Å². The number of fused-ring (bicyclic) bond motifs is 1. The zero-order chi connectivity index (χ0) is 20.1. The average molecular weight is 393 g/mol. The third-order valence-corrected chi connectivity index (χ3v) is 5.29. The van der Waals surface area contributed by atoms with Crippen molar-refractivity contribution in [3.63, 3.8) is 0 Å². The number of H-pyrrole nitrogens is 1. The summed E-state index contributed by atoms with van der Waals surface area (Å²) in [4.78, 5) is 24.7. The Morgan fingerprint density at radius 1 is 1.14 bits per heavy atom. The lowest BCUT2D eigenvalue weighted by molar-refractivity contribution is 0.102. The second-order valence-corrected chi connectivity index (χ2v) is 7.43. The number of amides is 1. The van der Waals surface area contributed by atoms with Gasteiger partial charge in [-0.15, -0.1) is 0 Å². The molecule has 4 rings (SSSR count). The fourth-order valence-electron chi connectivity index (χ4n) is 3.53. The second kappa shape index (κ2) is 9.07. The molecule has 1 amide bonds. The minimum Gasteiger partial charge on any atom is -0.494 e. The van der Waals surface area contributed by atoms with Crippen LogP contribution in [0.1, 0.15) is 16.8 Å². The number of benzene rings is 2. The van der Waals surface area contributed by atoms with Crippen LogP contribution in [0.3, 0.4) is 0 Å². The van der Waals surface area contributed by atoms with Crippen molar-refractivity contribution >= 4 is 22.6 Å². The molecule has 7 nitrogen and oxygen atoms in total. The van der Waals surface area contributed by atoms with Crippen LogP contribution in [0.5, 0.6) is 5.75 Å². The number of likely N-dealkylation sites (N-methyl/N-ethyl adjacent to an activating group) is 1. The number of rotatable bonds is 7. The number of aromatic nitrogens is 2. The molecule has 1 aliphatic rings. The molecular formula is C22H27N5O2. The van der Waals surface area contributed by atoms with Gasteiger partial charge in [0.1, 0.15) is 11.3 Å². The van der Waals surface area contributed by atoms with Crippen LogP contribution in [0.25, 0.3) is 11.0 Å². The molecule has 1 saturated heterocycles. The van der Waals surface area contributed by atoms with Gasteiger partial charge in [0.15, 0.2) is 0 Å². The van der Waals surface area contributed by atoms with Crippen molar-refractivity contribution in [2.24, 2.45) is 0 Å². The lowest BCUT2D eigenvalue weighted by Crippen LogP contribution is -2.44. The lowest BCUT2D eigenvalue weighted by atomic mass is 10.1. The number of piperazine rings is 1. The molecule has 0 radical (unpaired) electrons. The van der Waals surface area contributed by atoms with Crippen molar-refractivity contribution in [1.29, 1.82) is 0 Å². The SMILES string of the molecule is CN1CCN(CCCOc2ccc(NC(=O)c3cccc4[nH]cnc34)cc2)CC1. The van der Waals surface area contributed by atoms with Gasteiger partial charge < -0.3 is 24.8 Å². The fraction of sp³-hybridized carbons (Fsp3) is 0.364. The third kappa shape index (κ3) is 4.93. The standard InChI is InChI=1S/C22H27N5O2/c1-26-11-13-27(14-12-26)10-3-15-29-18-8-6-17(7-9-18)25-22(28)19-4-2-5-20-21(19)24-16-23-20/h2,4-9,16H,3,10-15H2,1H3,(H,23,24)(H,25,28). The van der Waals surface area contributed by atoms with Crippen LogP contribution < -0.4 is 10.1 Å². The van der Waals surface area contributed by atoms with Crippen molar-refractivity contribution in [3.05, 3.63) is 54.4 Å². The minimum absolute atomic E-state index is 0.177. The molecule has 0 spiro atoms. The van der Waals surface area contributed by atoms with E-state index in [4.69, 9.17) is 4.74 Å². The maximum absolute atomic E-state index is 12.6. The van der Waals surface area contributed by atoms with Gasteiger partial charge in [0.25, 0.3) is 5.91 Å². The predicted molar refractivity (Wildman–Crippen MR) is 115 cm³/mol. The van der Waals surface area contributed by atoms with Crippen LogP contribution in [-0.4, -0.2) is 72.1 Å². The number of imidazole rings is 1. The highest BCUT2D eigenvalue weighted by atomic mass is 16.5. The number of nitrogens with zero attached hydrogens (tertiary/aromatic N) is 3. The number of carbonyl (C=O) groups is 1. The van der Waals surface area contributed by atoms with Gasteiger partial charge in [-0.2, -0.15) is 0 Å². The smallest absolute Gasteiger partial charge is 0.257 e. The summed E-state index contributed by atoms with van der Waals surface area (Å²) in [6.07, 6.45) is 2.60. The first kappa shape index (κ1) is 19.4. The molecule has 1 aromatic heterocycles. The van der Waals surface area contributed by atoms with E-state index < -0.39 is 0 Å². The molecule has 1 aliphatic heterocycles. The summed E-state index contributed by atoms with van der Waals surface area (Å²) in [5.41, 5.74) is 2.79. The van der Waals surface area contributed by atoms with Crippen LogP contribution >= 0.6 is 0 Å². The molecule has 2 aromatic carbocycles. The van der Waals surface area contributed by atoms with Gasteiger partial charge in [0, 0.05) is 38.4 Å².